The Kier molecular flexibility index (Phi) is 5.26. The van der Waals surface area contributed by atoms with Gasteiger partial charge in [0.15, 0.2) is 5.13 Å². The van der Waals surface area contributed by atoms with E-state index < -0.39 is 0 Å². The number of carbonyl (C=O) groups excluding carboxylic acids is 2. The number of aromatic nitrogens is 2. The Hall–Kier alpha value is -3.26. The van der Waals surface area contributed by atoms with Crippen LogP contribution in [0.5, 0.6) is 0 Å². The SMILES string of the molecule is CC(=O)Nc1nc(C)c(-c2ccnc(Nc3ccc(NC(=O)C4CC4)cc3)c2)s1. The molecule has 0 aliphatic heterocycles. The monoisotopic (exact) mass is 407 g/mol. The predicted molar refractivity (Wildman–Crippen MR) is 115 cm³/mol. The quantitative estimate of drug-likeness (QED) is 0.556. The van der Waals surface area contributed by atoms with Gasteiger partial charge in [-0.15, -0.1) is 0 Å². The highest BCUT2D eigenvalue weighted by Crippen LogP contribution is 2.34. The molecule has 7 nitrogen and oxygen atoms in total. The maximum absolute atomic E-state index is 11.8. The summed E-state index contributed by atoms with van der Waals surface area (Å²) < 4.78 is 0. The van der Waals surface area contributed by atoms with Gasteiger partial charge in [-0.25, -0.2) is 9.97 Å². The Labute approximate surface area is 172 Å². The first-order valence-corrected chi connectivity index (χ1v) is 10.2. The van der Waals surface area contributed by atoms with Crippen molar-refractivity contribution >= 4 is 45.5 Å². The van der Waals surface area contributed by atoms with Crippen molar-refractivity contribution in [2.45, 2.75) is 26.7 Å². The average Bonchev–Trinajstić information content (AvgIpc) is 3.47. The molecule has 3 N–H and O–H groups in total. The molecule has 1 aromatic carbocycles. The number of nitrogens with one attached hydrogen (secondary N) is 3. The normalized spacial score (nSPS) is 13.0. The smallest absolute Gasteiger partial charge is 0.227 e. The molecule has 8 heteroatoms. The third kappa shape index (κ3) is 4.78. The van der Waals surface area contributed by atoms with Gasteiger partial charge >= 0.3 is 0 Å². The number of benzene rings is 1. The molecule has 2 aromatic heterocycles. The number of nitrogens with zero attached hydrogens (tertiary/aromatic N) is 2. The van der Waals surface area contributed by atoms with Crippen molar-refractivity contribution in [1.29, 1.82) is 0 Å². The van der Waals surface area contributed by atoms with Crippen LogP contribution < -0.4 is 16.0 Å². The maximum Gasteiger partial charge on any atom is 0.227 e. The van der Waals surface area contributed by atoms with Crippen molar-refractivity contribution in [3.63, 3.8) is 0 Å². The van der Waals surface area contributed by atoms with Crippen molar-refractivity contribution in [2.24, 2.45) is 5.92 Å². The summed E-state index contributed by atoms with van der Waals surface area (Å²) in [7, 11) is 0. The van der Waals surface area contributed by atoms with Crippen LogP contribution in [0.15, 0.2) is 42.6 Å². The summed E-state index contributed by atoms with van der Waals surface area (Å²) in [6, 6.07) is 11.4. The van der Waals surface area contributed by atoms with E-state index in [1.165, 1.54) is 18.3 Å². The summed E-state index contributed by atoms with van der Waals surface area (Å²) in [5.74, 6) is 0.838. The van der Waals surface area contributed by atoms with Crippen molar-refractivity contribution < 1.29 is 9.59 Å². The van der Waals surface area contributed by atoms with E-state index in [2.05, 4.69) is 25.9 Å². The highest BCUT2D eigenvalue weighted by molar-refractivity contribution is 7.19. The maximum atomic E-state index is 11.8. The summed E-state index contributed by atoms with van der Waals surface area (Å²) in [5.41, 5.74) is 3.49. The zero-order valence-corrected chi connectivity index (χ0v) is 17.0. The minimum absolute atomic E-state index is 0.0960. The van der Waals surface area contributed by atoms with E-state index in [9.17, 15) is 9.59 Å². The van der Waals surface area contributed by atoms with E-state index in [-0.39, 0.29) is 17.7 Å². The van der Waals surface area contributed by atoms with Gasteiger partial charge in [0.2, 0.25) is 11.8 Å². The second kappa shape index (κ2) is 8.00. The molecule has 0 bridgehead atoms. The zero-order chi connectivity index (χ0) is 20.4. The fourth-order valence-electron chi connectivity index (χ4n) is 2.88. The highest BCUT2D eigenvalue weighted by atomic mass is 32.1. The Bertz CT molecular complexity index is 1060. The van der Waals surface area contributed by atoms with Crippen LogP contribution in [0.2, 0.25) is 0 Å². The predicted octanol–water partition coefficient (Wildman–Crippen LogP) is 4.56. The van der Waals surface area contributed by atoms with Gasteiger partial charge in [0.1, 0.15) is 5.82 Å². The van der Waals surface area contributed by atoms with Crippen LogP contribution in [-0.2, 0) is 9.59 Å². The van der Waals surface area contributed by atoms with Gasteiger partial charge in [0, 0.05) is 30.4 Å². The van der Waals surface area contributed by atoms with Gasteiger partial charge in [-0.3, -0.25) is 9.59 Å². The molecule has 0 unspecified atom stereocenters. The topological polar surface area (TPSA) is 96.0 Å². The molecule has 3 aromatic rings. The summed E-state index contributed by atoms with van der Waals surface area (Å²) in [6.07, 6.45) is 3.71. The highest BCUT2D eigenvalue weighted by Gasteiger charge is 2.29. The molecule has 1 fully saturated rings. The lowest BCUT2D eigenvalue weighted by Gasteiger charge is -2.09. The average molecular weight is 407 g/mol. The first kappa shape index (κ1) is 19.1. The second-order valence-electron chi connectivity index (χ2n) is 7.01. The van der Waals surface area contributed by atoms with Crippen molar-refractivity contribution in [3.05, 3.63) is 48.3 Å². The lowest BCUT2D eigenvalue weighted by atomic mass is 10.2. The van der Waals surface area contributed by atoms with Gasteiger partial charge < -0.3 is 16.0 Å². The Balaban J connectivity index is 1.47. The van der Waals surface area contributed by atoms with Gasteiger partial charge in [0.25, 0.3) is 0 Å². The molecule has 29 heavy (non-hydrogen) atoms. The lowest BCUT2D eigenvalue weighted by Crippen LogP contribution is -2.13. The van der Waals surface area contributed by atoms with Gasteiger partial charge in [-0.2, -0.15) is 0 Å². The first-order valence-electron chi connectivity index (χ1n) is 9.37. The molecule has 2 amide bonds. The Morgan fingerprint density at radius 2 is 1.79 bits per heavy atom. The molecule has 1 aliphatic rings. The third-order valence-corrected chi connectivity index (χ3v) is 5.60. The van der Waals surface area contributed by atoms with E-state index in [0.29, 0.717) is 10.9 Å². The molecule has 4 rings (SSSR count). The molecule has 0 atom stereocenters. The van der Waals surface area contributed by atoms with Crippen LogP contribution in [0.1, 0.15) is 25.5 Å². The number of anilines is 4. The molecule has 148 valence electrons. The van der Waals surface area contributed by atoms with Crippen molar-refractivity contribution in [1.82, 2.24) is 9.97 Å². The van der Waals surface area contributed by atoms with Crippen LogP contribution in [0.25, 0.3) is 10.4 Å². The minimum Gasteiger partial charge on any atom is -0.340 e. The van der Waals surface area contributed by atoms with Gasteiger partial charge in [-0.1, -0.05) is 11.3 Å². The number of pyridine rings is 1. The van der Waals surface area contributed by atoms with Crippen LogP contribution in [0, 0.1) is 12.8 Å². The Morgan fingerprint density at radius 1 is 1.07 bits per heavy atom. The molecule has 1 aliphatic carbocycles. The second-order valence-corrected chi connectivity index (χ2v) is 8.01. The van der Waals surface area contributed by atoms with Crippen LogP contribution in [0.3, 0.4) is 0 Å². The summed E-state index contributed by atoms with van der Waals surface area (Å²) in [4.78, 5) is 32.9. The van der Waals surface area contributed by atoms with E-state index in [1.807, 2.05) is 43.3 Å². The van der Waals surface area contributed by atoms with Crippen molar-refractivity contribution in [3.8, 4) is 10.4 Å². The largest absolute Gasteiger partial charge is 0.340 e. The fourth-order valence-corrected chi connectivity index (χ4v) is 3.89. The number of aryl methyl sites for hydroxylation is 1. The van der Waals surface area contributed by atoms with E-state index in [0.717, 1.165) is 40.4 Å². The minimum atomic E-state index is -0.140. The number of thiazole rings is 1. The third-order valence-electron chi connectivity index (χ3n) is 4.47. The number of amides is 2. The van der Waals surface area contributed by atoms with Crippen LogP contribution in [-0.4, -0.2) is 21.8 Å². The molecule has 0 radical (unpaired) electrons. The Morgan fingerprint density at radius 3 is 2.48 bits per heavy atom. The molecular weight excluding hydrogens is 386 g/mol. The van der Waals surface area contributed by atoms with Gasteiger partial charge in [0.05, 0.1) is 10.6 Å². The van der Waals surface area contributed by atoms with E-state index in [1.54, 1.807) is 6.20 Å². The number of rotatable bonds is 6. The summed E-state index contributed by atoms with van der Waals surface area (Å²) in [5, 5.41) is 9.52. The lowest BCUT2D eigenvalue weighted by molar-refractivity contribution is -0.117. The number of carbonyl (C=O) groups is 2. The number of hydrogen-bond donors (Lipinski definition) is 3. The van der Waals surface area contributed by atoms with E-state index >= 15 is 0 Å². The van der Waals surface area contributed by atoms with Crippen LogP contribution >= 0.6 is 11.3 Å². The summed E-state index contributed by atoms with van der Waals surface area (Å²) in [6.45, 7) is 3.38. The first-order chi connectivity index (χ1) is 14.0. The molecular formula is C21H21N5O2S. The molecule has 2 heterocycles. The fraction of sp³-hybridized carbons (Fsp3) is 0.238. The van der Waals surface area contributed by atoms with E-state index in [4.69, 9.17) is 0 Å². The zero-order valence-electron chi connectivity index (χ0n) is 16.2. The van der Waals surface area contributed by atoms with Crippen molar-refractivity contribution in [2.75, 3.05) is 16.0 Å². The van der Waals surface area contributed by atoms with Crippen LogP contribution in [0.4, 0.5) is 22.3 Å². The standard InChI is InChI=1S/C21H21N5O2S/c1-12-19(29-21(23-12)24-13(2)27)15-9-10-22-18(11-15)25-16-5-7-17(8-6-16)26-20(28)14-3-4-14/h5-11,14H,3-4H2,1-2H3,(H,22,25)(H,26,28)(H,23,24,27). The number of hydrogen-bond acceptors (Lipinski definition) is 6. The van der Waals surface area contributed by atoms with Gasteiger partial charge in [-0.05, 0) is 61.7 Å². The molecule has 0 spiro atoms. The summed E-state index contributed by atoms with van der Waals surface area (Å²) >= 11 is 1.43. The molecule has 0 saturated heterocycles. The molecule has 1 saturated carbocycles.